The van der Waals surface area contributed by atoms with Crippen LogP contribution in [0.15, 0.2) is 64.2 Å². The number of para-hydroxylation sites is 1. The molecule has 0 fully saturated rings. The Morgan fingerprint density at radius 1 is 0.969 bits per heavy atom. The van der Waals surface area contributed by atoms with Gasteiger partial charge in [0.1, 0.15) is 10.2 Å². The monoisotopic (exact) mass is 444 g/mol. The second kappa shape index (κ2) is 8.12. The van der Waals surface area contributed by atoms with Gasteiger partial charge in [-0.3, -0.25) is 14.4 Å². The Hall–Kier alpha value is -3.65. The first-order chi connectivity index (χ1) is 15.6. The summed E-state index contributed by atoms with van der Waals surface area (Å²) in [5.74, 6) is -0.198. The molecule has 32 heavy (non-hydrogen) atoms. The molecule has 4 aromatic rings. The van der Waals surface area contributed by atoms with Crippen molar-refractivity contribution in [2.24, 2.45) is 0 Å². The molecule has 0 saturated carbocycles. The standard InChI is InChI=1S/C24H20N4O3S/c1-2-3-13-27-18-12-8-7-11-16(18)19(22(27)30)20-23(31)28-24(32-20)25-21(29)17(26-28)14-15-9-5-4-6-10-15/h4-12H,2-3,13-14H2,1H3. The van der Waals surface area contributed by atoms with E-state index in [4.69, 9.17) is 0 Å². The van der Waals surface area contributed by atoms with Gasteiger partial charge >= 0.3 is 0 Å². The number of nitrogens with zero attached hydrogens (tertiary/aromatic N) is 4. The third kappa shape index (κ3) is 3.33. The second-order valence-corrected chi connectivity index (χ2v) is 8.64. The van der Waals surface area contributed by atoms with Crippen LogP contribution in [0.3, 0.4) is 0 Å². The van der Waals surface area contributed by atoms with E-state index in [1.54, 1.807) is 4.90 Å². The van der Waals surface area contributed by atoms with E-state index in [-0.39, 0.29) is 27.5 Å². The molecule has 1 aliphatic heterocycles. The molecule has 1 aliphatic rings. The average molecular weight is 445 g/mol. The number of thiazole rings is 1. The van der Waals surface area contributed by atoms with Gasteiger partial charge in [-0.1, -0.05) is 73.2 Å². The van der Waals surface area contributed by atoms with Gasteiger partial charge in [0.05, 0.1) is 11.3 Å². The van der Waals surface area contributed by atoms with E-state index < -0.39 is 11.1 Å². The van der Waals surface area contributed by atoms with Crippen molar-refractivity contribution in [2.75, 3.05) is 11.4 Å². The van der Waals surface area contributed by atoms with E-state index in [9.17, 15) is 14.4 Å². The van der Waals surface area contributed by atoms with E-state index >= 15 is 0 Å². The molecule has 3 heterocycles. The highest BCUT2D eigenvalue weighted by Gasteiger charge is 2.33. The zero-order valence-electron chi connectivity index (χ0n) is 17.4. The van der Waals surface area contributed by atoms with E-state index in [1.807, 2.05) is 54.6 Å². The minimum Gasteiger partial charge on any atom is -0.308 e. The van der Waals surface area contributed by atoms with Crippen LogP contribution in [0.1, 0.15) is 36.6 Å². The lowest BCUT2D eigenvalue weighted by Crippen LogP contribution is -2.33. The van der Waals surface area contributed by atoms with Crippen molar-refractivity contribution in [2.45, 2.75) is 26.2 Å². The van der Waals surface area contributed by atoms with Gasteiger partial charge in [0, 0.05) is 18.5 Å². The Balaban J connectivity index is 1.69. The van der Waals surface area contributed by atoms with Gasteiger partial charge in [-0.05, 0) is 18.1 Å². The van der Waals surface area contributed by atoms with Crippen molar-refractivity contribution < 1.29 is 4.79 Å². The maximum absolute atomic E-state index is 13.3. The van der Waals surface area contributed by atoms with Gasteiger partial charge in [0.2, 0.25) is 4.96 Å². The summed E-state index contributed by atoms with van der Waals surface area (Å²) >= 11 is 1.04. The number of carbonyl (C=O) groups is 1. The van der Waals surface area contributed by atoms with Crippen LogP contribution in [0.5, 0.6) is 0 Å². The zero-order valence-corrected chi connectivity index (χ0v) is 18.3. The number of anilines is 1. The molecule has 0 unspecified atom stereocenters. The summed E-state index contributed by atoms with van der Waals surface area (Å²) < 4.78 is 1.41. The Bertz CT molecular complexity index is 1510. The topological polar surface area (TPSA) is 84.6 Å². The fraction of sp³-hybridized carbons (Fsp3) is 0.208. The molecule has 160 valence electrons. The van der Waals surface area contributed by atoms with Crippen LogP contribution < -0.4 is 20.6 Å². The predicted molar refractivity (Wildman–Crippen MR) is 124 cm³/mol. The molecule has 0 atom stereocenters. The molecule has 0 bridgehead atoms. The first-order valence-electron chi connectivity index (χ1n) is 10.5. The van der Waals surface area contributed by atoms with Crippen LogP contribution in [0.25, 0.3) is 10.5 Å². The fourth-order valence-electron chi connectivity index (χ4n) is 3.93. The molecule has 5 rings (SSSR count). The van der Waals surface area contributed by atoms with Crippen LogP contribution >= 0.6 is 11.3 Å². The van der Waals surface area contributed by atoms with Crippen molar-refractivity contribution in [3.8, 4) is 0 Å². The third-order valence-corrected chi connectivity index (χ3v) is 6.56. The molecular formula is C24H20N4O3S. The van der Waals surface area contributed by atoms with Crippen LogP contribution in [0.4, 0.5) is 5.69 Å². The van der Waals surface area contributed by atoms with Crippen LogP contribution in [0, 0.1) is 0 Å². The summed E-state index contributed by atoms with van der Waals surface area (Å²) in [5, 5.41) is 4.31. The third-order valence-electron chi connectivity index (χ3n) is 5.53. The van der Waals surface area contributed by atoms with Crippen molar-refractivity contribution >= 4 is 33.5 Å². The number of aromatic nitrogens is 3. The molecular weight excluding hydrogens is 424 g/mol. The Morgan fingerprint density at radius 3 is 2.50 bits per heavy atom. The number of carbonyl (C=O) groups excluding carboxylic acids is 1. The maximum Gasteiger partial charge on any atom is 0.296 e. The molecule has 0 saturated heterocycles. The largest absolute Gasteiger partial charge is 0.308 e. The van der Waals surface area contributed by atoms with E-state index in [0.29, 0.717) is 12.1 Å². The second-order valence-electron chi connectivity index (χ2n) is 7.66. The summed E-state index contributed by atoms with van der Waals surface area (Å²) in [7, 11) is 0. The summed E-state index contributed by atoms with van der Waals surface area (Å²) in [6.45, 7) is 2.66. The van der Waals surface area contributed by atoms with Gasteiger partial charge < -0.3 is 4.90 Å². The lowest BCUT2D eigenvalue weighted by Gasteiger charge is -2.16. The van der Waals surface area contributed by atoms with Crippen LogP contribution in [-0.4, -0.2) is 27.0 Å². The Morgan fingerprint density at radius 2 is 1.72 bits per heavy atom. The van der Waals surface area contributed by atoms with Crippen molar-refractivity contribution in [3.63, 3.8) is 0 Å². The quantitative estimate of drug-likeness (QED) is 0.471. The number of rotatable bonds is 5. The van der Waals surface area contributed by atoms with Gasteiger partial charge in [0.25, 0.3) is 17.0 Å². The van der Waals surface area contributed by atoms with E-state index in [1.165, 1.54) is 0 Å². The van der Waals surface area contributed by atoms with E-state index in [2.05, 4.69) is 17.0 Å². The molecule has 8 heteroatoms. The Labute approximate surface area is 187 Å². The number of amides is 1. The Kier molecular flexibility index (Phi) is 5.14. The van der Waals surface area contributed by atoms with E-state index in [0.717, 1.165) is 45.5 Å². The van der Waals surface area contributed by atoms with Crippen LogP contribution in [0.2, 0.25) is 0 Å². The molecule has 1 amide bonds. The molecule has 7 nitrogen and oxygen atoms in total. The number of hydrogen-bond donors (Lipinski definition) is 0. The van der Waals surface area contributed by atoms with Gasteiger partial charge in [-0.25, -0.2) is 0 Å². The summed E-state index contributed by atoms with van der Waals surface area (Å²) in [6, 6.07) is 16.9. The highest BCUT2D eigenvalue weighted by molar-refractivity contribution is 7.15. The lowest BCUT2D eigenvalue weighted by molar-refractivity contribution is -0.113. The minimum atomic E-state index is -0.464. The SMILES string of the molecule is CCCCN1C(=O)C(=c2sc3nc(=O)c(Cc4ccccc4)nn3c2=O)c2ccccc21. The predicted octanol–water partition coefficient (Wildman–Crippen LogP) is 2.17. The van der Waals surface area contributed by atoms with Crippen LogP contribution in [-0.2, 0) is 11.2 Å². The smallest absolute Gasteiger partial charge is 0.296 e. The highest BCUT2D eigenvalue weighted by atomic mass is 32.1. The first-order valence-corrected chi connectivity index (χ1v) is 11.3. The van der Waals surface area contributed by atoms with Crippen molar-refractivity contribution in [1.82, 2.24) is 14.6 Å². The zero-order chi connectivity index (χ0) is 22.2. The molecule has 0 N–H and O–H groups in total. The number of benzene rings is 2. The van der Waals surface area contributed by atoms with Crippen molar-refractivity contribution in [3.05, 3.63) is 96.7 Å². The summed E-state index contributed by atoms with van der Waals surface area (Å²) in [5.41, 5.74) is 2.10. The molecule has 0 aliphatic carbocycles. The van der Waals surface area contributed by atoms with Crippen molar-refractivity contribution in [1.29, 1.82) is 0 Å². The van der Waals surface area contributed by atoms with Gasteiger partial charge in [0.15, 0.2) is 0 Å². The minimum absolute atomic E-state index is 0.191. The fourth-order valence-corrected chi connectivity index (χ4v) is 4.92. The number of fused-ring (bicyclic) bond motifs is 2. The van der Waals surface area contributed by atoms with Gasteiger partial charge in [-0.2, -0.15) is 14.6 Å². The number of unbranched alkanes of at least 4 members (excludes halogenated alkanes) is 1. The maximum atomic E-state index is 13.3. The number of hydrogen-bond acceptors (Lipinski definition) is 6. The van der Waals surface area contributed by atoms with Gasteiger partial charge in [-0.15, -0.1) is 0 Å². The molecule has 0 spiro atoms. The first kappa shape index (κ1) is 20.3. The lowest BCUT2D eigenvalue weighted by atomic mass is 10.1. The highest BCUT2D eigenvalue weighted by Crippen LogP contribution is 2.35. The normalized spacial score (nSPS) is 14.9. The molecule has 2 aromatic carbocycles. The average Bonchev–Trinajstić information content (AvgIpc) is 3.26. The molecule has 2 aromatic heterocycles. The molecule has 0 radical (unpaired) electrons. The summed E-state index contributed by atoms with van der Waals surface area (Å²) in [6.07, 6.45) is 2.10. The summed E-state index contributed by atoms with van der Waals surface area (Å²) in [4.78, 5) is 45.2.